The van der Waals surface area contributed by atoms with E-state index in [9.17, 15) is 0 Å². The fraction of sp³-hybridized carbons (Fsp3) is 0.391. The largest absolute Gasteiger partial charge is 0.496 e. The van der Waals surface area contributed by atoms with Gasteiger partial charge in [-0.15, -0.1) is 24.0 Å². The number of fused-ring (bicyclic) bond motifs is 1. The summed E-state index contributed by atoms with van der Waals surface area (Å²) in [5.41, 5.74) is 6.77. The number of benzene rings is 1. The summed E-state index contributed by atoms with van der Waals surface area (Å²) in [5, 5.41) is 8.02. The fourth-order valence-electron chi connectivity index (χ4n) is 3.55. The average Bonchev–Trinajstić information content (AvgIpc) is 3.09. The molecule has 6 nitrogen and oxygen atoms in total. The van der Waals surface area contributed by atoms with Gasteiger partial charge in [0.15, 0.2) is 5.96 Å². The Labute approximate surface area is 196 Å². The molecule has 3 rings (SSSR count). The quantitative estimate of drug-likeness (QED) is 0.245. The average molecular weight is 521 g/mol. The molecule has 0 radical (unpaired) electrons. The molecule has 0 aliphatic heterocycles. The van der Waals surface area contributed by atoms with E-state index in [1.54, 1.807) is 7.11 Å². The molecule has 7 heteroatoms. The standard InChI is InChI=1S/C23H31N5O.HI/c1-6-24-23(28-14-21-17(4)22(29-5)16(3)12-26-21)25-10-9-18-13-27-20-11-15(2)7-8-19(18)20;/h7-8,11-13,27H,6,9-10,14H2,1-5H3,(H2,24,25,28);1H. The first kappa shape index (κ1) is 24.0. The van der Waals surface area contributed by atoms with Gasteiger partial charge in [-0.3, -0.25) is 4.98 Å². The highest BCUT2D eigenvalue weighted by Crippen LogP contribution is 2.24. The number of nitrogens with zero attached hydrogens (tertiary/aromatic N) is 2. The maximum atomic E-state index is 5.50. The smallest absolute Gasteiger partial charge is 0.191 e. The van der Waals surface area contributed by atoms with E-state index in [2.05, 4.69) is 58.8 Å². The van der Waals surface area contributed by atoms with Gasteiger partial charge in [-0.25, -0.2) is 4.99 Å². The van der Waals surface area contributed by atoms with Gasteiger partial charge in [0.05, 0.1) is 19.3 Å². The van der Waals surface area contributed by atoms with Crippen molar-refractivity contribution < 1.29 is 4.74 Å². The van der Waals surface area contributed by atoms with Crippen LogP contribution in [-0.2, 0) is 13.0 Å². The molecular weight excluding hydrogens is 489 g/mol. The van der Waals surface area contributed by atoms with Gasteiger partial charge >= 0.3 is 0 Å². The van der Waals surface area contributed by atoms with Crippen molar-refractivity contribution in [2.24, 2.45) is 4.99 Å². The van der Waals surface area contributed by atoms with Crippen molar-refractivity contribution in [1.29, 1.82) is 0 Å². The summed E-state index contributed by atoms with van der Waals surface area (Å²) >= 11 is 0. The summed E-state index contributed by atoms with van der Waals surface area (Å²) in [6.45, 7) is 10.3. The Morgan fingerprint density at radius 2 is 2.00 bits per heavy atom. The third kappa shape index (κ3) is 5.65. The van der Waals surface area contributed by atoms with Crippen LogP contribution >= 0.6 is 24.0 Å². The Kier molecular flexibility index (Phi) is 8.95. The number of rotatable bonds is 7. The summed E-state index contributed by atoms with van der Waals surface area (Å²) in [5.74, 6) is 1.68. The molecular formula is C23H32IN5O. The molecule has 0 unspecified atom stereocenters. The van der Waals surface area contributed by atoms with Crippen molar-refractivity contribution in [3.63, 3.8) is 0 Å². The Morgan fingerprint density at radius 1 is 1.20 bits per heavy atom. The number of ether oxygens (including phenoxy) is 1. The van der Waals surface area contributed by atoms with Crippen LogP contribution in [0.15, 0.2) is 35.6 Å². The van der Waals surface area contributed by atoms with Crippen molar-refractivity contribution in [3.8, 4) is 5.75 Å². The number of aliphatic imine (C=N–C) groups is 1. The van der Waals surface area contributed by atoms with E-state index >= 15 is 0 Å². The molecule has 0 saturated heterocycles. The number of pyridine rings is 1. The fourth-order valence-corrected chi connectivity index (χ4v) is 3.55. The molecule has 2 aromatic heterocycles. The number of methoxy groups -OCH3 is 1. The molecule has 0 saturated carbocycles. The lowest BCUT2D eigenvalue weighted by Gasteiger charge is -2.13. The summed E-state index contributed by atoms with van der Waals surface area (Å²) in [6, 6.07) is 6.53. The van der Waals surface area contributed by atoms with Crippen LogP contribution in [0.25, 0.3) is 10.9 Å². The van der Waals surface area contributed by atoms with Crippen molar-refractivity contribution >= 4 is 40.8 Å². The summed E-state index contributed by atoms with van der Waals surface area (Å²) in [4.78, 5) is 12.6. The van der Waals surface area contributed by atoms with Crippen molar-refractivity contribution in [1.82, 2.24) is 20.6 Å². The zero-order valence-corrected chi connectivity index (χ0v) is 20.8. The van der Waals surface area contributed by atoms with Gasteiger partial charge in [-0.05, 0) is 51.3 Å². The predicted octanol–water partition coefficient (Wildman–Crippen LogP) is 4.41. The van der Waals surface area contributed by atoms with E-state index in [0.29, 0.717) is 6.54 Å². The minimum Gasteiger partial charge on any atom is -0.496 e. The number of hydrogen-bond acceptors (Lipinski definition) is 3. The van der Waals surface area contributed by atoms with Gasteiger partial charge in [-0.1, -0.05) is 12.1 Å². The first-order valence-electron chi connectivity index (χ1n) is 10.1. The Balaban J connectivity index is 0.00000320. The second kappa shape index (κ2) is 11.2. The molecule has 0 aliphatic rings. The van der Waals surface area contributed by atoms with Crippen LogP contribution < -0.4 is 15.4 Å². The van der Waals surface area contributed by atoms with Crippen LogP contribution in [-0.4, -0.2) is 36.1 Å². The number of H-pyrrole nitrogens is 1. The number of aromatic amines is 1. The molecule has 0 atom stereocenters. The Morgan fingerprint density at radius 3 is 2.73 bits per heavy atom. The molecule has 2 heterocycles. The normalized spacial score (nSPS) is 11.3. The molecule has 0 spiro atoms. The molecule has 0 bridgehead atoms. The van der Waals surface area contributed by atoms with Gasteiger partial charge in [0.25, 0.3) is 0 Å². The zero-order chi connectivity index (χ0) is 20.8. The van der Waals surface area contributed by atoms with Crippen LogP contribution in [0.1, 0.15) is 34.9 Å². The minimum atomic E-state index is 0. The summed E-state index contributed by atoms with van der Waals surface area (Å²) in [6.07, 6.45) is 4.86. The van der Waals surface area contributed by atoms with Crippen molar-refractivity contribution in [2.75, 3.05) is 20.2 Å². The Bertz CT molecular complexity index is 1010. The highest BCUT2D eigenvalue weighted by Gasteiger charge is 2.09. The number of guanidine groups is 1. The van der Waals surface area contributed by atoms with Crippen LogP contribution in [0.3, 0.4) is 0 Å². The molecule has 30 heavy (non-hydrogen) atoms. The van der Waals surface area contributed by atoms with E-state index in [0.717, 1.165) is 48.0 Å². The molecule has 0 amide bonds. The zero-order valence-electron chi connectivity index (χ0n) is 18.4. The molecule has 3 N–H and O–H groups in total. The second-order valence-corrected chi connectivity index (χ2v) is 7.28. The van der Waals surface area contributed by atoms with Gasteiger partial charge in [0.1, 0.15) is 5.75 Å². The van der Waals surface area contributed by atoms with Gasteiger partial charge in [0.2, 0.25) is 0 Å². The highest BCUT2D eigenvalue weighted by molar-refractivity contribution is 14.0. The molecule has 162 valence electrons. The number of aromatic nitrogens is 2. The molecule has 0 aliphatic carbocycles. The topological polar surface area (TPSA) is 74.3 Å². The lowest BCUT2D eigenvalue weighted by atomic mass is 10.1. The molecule has 1 aromatic carbocycles. The van der Waals surface area contributed by atoms with Crippen LogP contribution in [0, 0.1) is 20.8 Å². The summed E-state index contributed by atoms with van der Waals surface area (Å²) in [7, 11) is 1.69. The van der Waals surface area contributed by atoms with E-state index in [4.69, 9.17) is 9.73 Å². The van der Waals surface area contributed by atoms with Crippen LogP contribution in [0.2, 0.25) is 0 Å². The van der Waals surface area contributed by atoms with E-state index in [1.807, 2.05) is 20.0 Å². The number of nitrogens with one attached hydrogen (secondary N) is 3. The number of hydrogen-bond donors (Lipinski definition) is 3. The molecule has 3 aromatic rings. The maximum absolute atomic E-state index is 5.50. The Hall–Kier alpha value is -2.29. The van der Waals surface area contributed by atoms with E-state index in [-0.39, 0.29) is 24.0 Å². The monoisotopic (exact) mass is 521 g/mol. The van der Waals surface area contributed by atoms with E-state index < -0.39 is 0 Å². The molecule has 0 fully saturated rings. The van der Waals surface area contributed by atoms with Gasteiger partial charge < -0.3 is 20.4 Å². The van der Waals surface area contributed by atoms with Gasteiger partial charge in [-0.2, -0.15) is 0 Å². The van der Waals surface area contributed by atoms with Crippen molar-refractivity contribution in [2.45, 2.75) is 40.7 Å². The third-order valence-corrected chi connectivity index (χ3v) is 5.09. The first-order chi connectivity index (χ1) is 14.0. The first-order valence-corrected chi connectivity index (χ1v) is 10.1. The second-order valence-electron chi connectivity index (χ2n) is 7.28. The highest BCUT2D eigenvalue weighted by atomic mass is 127. The maximum Gasteiger partial charge on any atom is 0.191 e. The number of halogens is 1. The SMILES string of the molecule is CCNC(=NCc1ncc(C)c(OC)c1C)NCCc1c[nH]c2cc(C)ccc12.I. The van der Waals surface area contributed by atoms with Crippen LogP contribution in [0.5, 0.6) is 5.75 Å². The minimum absolute atomic E-state index is 0. The lowest BCUT2D eigenvalue weighted by Crippen LogP contribution is -2.38. The van der Waals surface area contributed by atoms with Crippen molar-refractivity contribution in [3.05, 3.63) is 58.5 Å². The predicted molar refractivity (Wildman–Crippen MR) is 135 cm³/mol. The van der Waals surface area contributed by atoms with Crippen LogP contribution in [0.4, 0.5) is 0 Å². The lowest BCUT2D eigenvalue weighted by molar-refractivity contribution is 0.407. The third-order valence-electron chi connectivity index (χ3n) is 5.09. The van der Waals surface area contributed by atoms with Gasteiger partial charge in [0, 0.05) is 47.5 Å². The summed E-state index contributed by atoms with van der Waals surface area (Å²) < 4.78 is 5.50. The van der Waals surface area contributed by atoms with E-state index in [1.165, 1.54) is 22.0 Å². The number of aryl methyl sites for hydroxylation is 2.